The first kappa shape index (κ1) is 22.1. The fourth-order valence-electron chi connectivity index (χ4n) is 6.36. The fraction of sp³-hybridized carbons (Fsp3) is 0.0857. The lowest BCUT2D eigenvalue weighted by Crippen LogP contribution is -2.16. The Morgan fingerprint density at radius 1 is 0.615 bits per heavy atom. The van der Waals surface area contributed by atoms with Gasteiger partial charge in [0.2, 0.25) is 11.8 Å². The van der Waals surface area contributed by atoms with Crippen LogP contribution in [0.3, 0.4) is 0 Å². The topological polar surface area (TPSA) is 43.9 Å². The Morgan fingerprint density at radius 2 is 1.28 bits per heavy atom. The van der Waals surface area contributed by atoms with Gasteiger partial charge in [-0.3, -0.25) is 0 Å². The molecule has 5 aromatic carbocycles. The molecule has 0 unspecified atom stereocenters. The molecule has 0 atom stereocenters. The second-order valence-corrected chi connectivity index (χ2v) is 10.7. The van der Waals surface area contributed by atoms with Crippen molar-refractivity contribution in [1.29, 1.82) is 0 Å². The van der Waals surface area contributed by atoms with Gasteiger partial charge in [0.15, 0.2) is 0 Å². The lowest BCUT2D eigenvalue weighted by molar-refractivity contribution is 0.584. The second kappa shape index (κ2) is 8.02. The van der Waals surface area contributed by atoms with Gasteiger partial charge < -0.3 is 8.98 Å². The van der Waals surface area contributed by atoms with Gasteiger partial charge in [0.25, 0.3) is 0 Å². The summed E-state index contributed by atoms with van der Waals surface area (Å²) in [5.74, 6) is 1.06. The smallest absolute Gasteiger partial charge is 0.248 e. The predicted octanol–water partition coefficient (Wildman–Crippen LogP) is 8.81. The highest BCUT2D eigenvalue weighted by Crippen LogP contribution is 2.53. The molecule has 2 aromatic heterocycles. The van der Waals surface area contributed by atoms with Crippen LogP contribution in [-0.2, 0) is 5.41 Å². The molecule has 2 heterocycles. The molecule has 1 aliphatic carbocycles. The highest BCUT2D eigenvalue weighted by molar-refractivity contribution is 6.13. The highest BCUT2D eigenvalue weighted by atomic mass is 16.4. The molecular weight excluding hydrogens is 478 g/mol. The van der Waals surface area contributed by atoms with Crippen molar-refractivity contribution in [1.82, 2.24) is 14.8 Å². The summed E-state index contributed by atoms with van der Waals surface area (Å²) in [6.45, 7) is 4.66. The molecule has 0 bridgehead atoms. The van der Waals surface area contributed by atoms with Crippen molar-refractivity contribution < 1.29 is 4.42 Å². The van der Waals surface area contributed by atoms with Crippen LogP contribution in [0, 0.1) is 0 Å². The van der Waals surface area contributed by atoms with Crippen LogP contribution in [0.5, 0.6) is 0 Å². The Labute approximate surface area is 226 Å². The molecule has 0 radical (unpaired) electrons. The number of hydrogen-bond donors (Lipinski definition) is 0. The molecule has 0 saturated carbocycles. The molecule has 0 N–H and O–H groups in total. The van der Waals surface area contributed by atoms with Gasteiger partial charge in [-0.15, -0.1) is 10.2 Å². The standard InChI is InChI=1S/C35H25N3O/c1-35(2)29-21-23(34-37-36-33(39-34)22-11-5-3-6-12-22)17-18-25(29)27-19-20-28-26-15-9-10-16-30(26)38(32(28)31(27)35)24-13-7-4-8-14-24/h3-21H,1-2H3. The highest BCUT2D eigenvalue weighted by Gasteiger charge is 2.39. The lowest BCUT2D eigenvalue weighted by atomic mass is 9.81. The Kier molecular flexibility index (Phi) is 4.54. The molecule has 7 aromatic rings. The van der Waals surface area contributed by atoms with Gasteiger partial charge in [-0.25, -0.2) is 0 Å². The molecule has 0 spiro atoms. The van der Waals surface area contributed by atoms with Crippen LogP contribution < -0.4 is 0 Å². The Bertz CT molecular complexity index is 2030. The van der Waals surface area contributed by atoms with Crippen LogP contribution in [0.2, 0.25) is 0 Å². The SMILES string of the molecule is CC1(C)c2cc(-c3nnc(-c4ccccc4)o3)ccc2-c2ccc3c4ccccc4n(-c4ccccc4)c3c21. The number of para-hydroxylation sites is 2. The first-order valence-corrected chi connectivity index (χ1v) is 13.3. The Balaban J connectivity index is 1.34. The van der Waals surface area contributed by atoms with Gasteiger partial charge in [0.05, 0.1) is 11.0 Å². The molecule has 0 aliphatic heterocycles. The number of benzene rings is 5. The Morgan fingerprint density at radius 3 is 2.08 bits per heavy atom. The van der Waals surface area contributed by atoms with Crippen molar-refractivity contribution >= 4 is 21.8 Å². The van der Waals surface area contributed by atoms with Gasteiger partial charge in [-0.05, 0) is 64.7 Å². The van der Waals surface area contributed by atoms with Gasteiger partial charge in [0, 0.05) is 33.0 Å². The lowest BCUT2D eigenvalue weighted by Gasteiger charge is -2.24. The van der Waals surface area contributed by atoms with E-state index in [0.29, 0.717) is 11.8 Å². The summed E-state index contributed by atoms with van der Waals surface area (Å²) in [6.07, 6.45) is 0. The molecule has 0 amide bonds. The van der Waals surface area contributed by atoms with Crippen LogP contribution in [0.25, 0.3) is 61.5 Å². The summed E-state index contributed by atoms with van der Waals surface area (Å²) in [5, 5.41) is 11.3. The van der Waals surface area contributed by atoms with E-state index in [4.69, 9.17) is 4.42 Å². The molecule has 186 valence electrons. The third kappa shape index (κ3) is 3.12. The van der Waals surface area contributed by atoms with Crippen LogP contribution in [0.1, 0.15) is 25.0 Å². The van der Waals surface area contributed by atoms with Crippen LogP contribution >= 0.6 is 0 Å². The maximum atomic E-state index is 6.12. The second-order valence-electron chi connectivity index (χ2n) is 10.7. The van der Waals surface area contributed by atoms with E-state index in [-0.39, 0.29) is 5.41 Å². The van der Waals surface area contributed by atoms with Crippen LogP contribution in [-0.4, -0.2) is 14.8 Å². The zero-order valence-corrected chi connectivity index (χ0v) is 21.7. The minimum Gasteiger partial charge on any atom is -0.416 e. The molecule has 4 heteroatoms. The van der Waals surface area contributed by atoms with E-state index in [2.05, 4.69) is 114 Å². The molecule has 0 saturated heterocycles. The number of hydrogen-bond acceptors (Lipinski definition) is 3. The number of rotatable bonds is 3. The normalized spacial score (nSPS) is 13.6. The maximum absolute atomic E-state index is 6.12. The van der Waals surface area contributed by atoms with E-state index >= 15 is 0 Å². The summed E-state index contributed by atoms with van der Waals surface area (Å²) >= 11 is 0. The molecule has 4 nitrogen and oxygen atoms in total. The maximum Gasteiger partial charge on any atom is 0.248 e. The largest absolute Gasteiger partial charge is 0.416 e. The van der Waals surface area contributed by atoms with E-state index in [0.717, 1.165) is 11.1 Å². The van der Waals surface area contributed by atoms with Crippen LogP contribution in [0.4, 0.5) is 0 Å². The summed E-state index contributed by atoms with van der Waals surface area (Å²) in [4.78, 5) is 0. The monoisotopic (exact) mass is 503 g/mol. The Hall–Kier alpha value is -4.96. The summed E-state index contributed by atoms with van der Waals surface area (Å²) in [6, 6.07) is 40.4. The van der Waals surface area contributed by atoms with Gasteiger partial charge in [-0.2, -0.15) is 0 Å². The van der Waals surface area contributed by atoms with E-state index < -0.39 is 0 Å². The summed E-state index contributed by atoms with van der Waals surface area (Å²) < 4.78 is 8.55. The zero-order chi connectivity index (χ0) is 26.1. The van der Waals surface area contributed by atoms with Gasteiger partial charge >= 0.3 is 0 Å². The predicted molar refractivity (Wildman–Crippen MR) is 157 cm³/mol. The minimum absolute atomic E-state index is 0.233. The quantitative estimate of drug-likeness (QED) is 0.242. The third-order valence-electron chi connectivity index (χ3n) is 8.15. The van der Waals surface area contributed by atoms with Gasteiger partial charge in [0.1, 0.15) is 0 Å². The zero-order valence-electron chi connectivity index (χ0n) is 21.7. The number of aromatic nitrogens is 3. The van der Waals surface area contributed by atoms with Crippen molar-refractivity contribution in [3.05, 3.63) is 126 Å². The average Bonchev–Trinajstić information content (AvgIpc) is 3.66. The van der Waals surface area contributed by atoms with Crippen LogP contribution in [0.15, 0.2) is 120 Å². The molecular formula is C35H25N3O. The molecule has 0 fully saturated rings. The molecule has 39 heavy (non-hydrogen) atoms. The van der Waals surface area contributed by atoms with Crippen molar-refractivity contribution in [2.24, 2.45) is 0 Å². The minimum atomic E-state index is -0.233. The summed E-state index contributed by atoms with van der Waals surface area (Å²) in [5.41, 5.74) is 10.4. The average molecular weight is 504 g/mol. The van der Waals surface area contributed by atoms with Crippen molar-refractivity contribution in [2.45, 2.75) is 19.3 Å². The number of nitrogens with zero attached hydrogens (tertiary/aromatic N) is 3. The first-order valence-electron chi connectivity index (χ1n) is 13.3. The molecule has 8 rings (SSSR count). The van der Waals surface area contributed by atoms with Crippen molar-refractivity contribution in [2.75, 3.05) is 0 Å². The van der Waals surface area contributed by atoms with E-state index in [1.807, 2.05) is 30.3 Å². The van der Waals surface area contributed by atoms with E-state index in [1.54, 1.807) is 0 Å². The van der Waals surface area contributed by atoms with Gasteiger partial charge in [-0.1, -0.05) is 86.6 Å². The fourth-order valence-corrected chi connectivity index (χ4v) is 6.36. The summed E-state index contributed by atoms with van der Waals surface area (Å²) in [7, 11) is 0. The number of fused-ring (bicyclic) bond motifs is 7. The van der Waals surface area contributed by atoms with E-state index in [1.165, 1.54) is 49.7 Å². The van der Waals surface area contributed by atoms with Crippen molar-refractivity contribution in [3.63, 3.8) is 0 Å². The molecule has 1 aliphatic rings. The van der Waals surface area contributed by atoms with E-state index in [9.17, 15) is 0 Å². The third-order valence-corrected chi connectivity index (χ3v) is 8.15. The first-order chi connectivity index (χ1) is 19.1. The van der Waals surface area contributed by atoms with Crippen molar-refractivity contribution in [3.8, 4) is 39.7 Å².